The maximum absolute atomic E-state index is 14.1. The van der Waals surface area contributed by atoms with E-state index in [1.54, 1.807) is 41.5 Å². The van der Waals surface area contributed by atoms with Crippen LogP contribution in [0.15, 0.2) is 30.3 Å². The lowest BCUT2D eigenvalue weighted by molar-refractivity contribution is -0.145. The zero-order valence-corrected chi connectivity index (χ0v) is 33.5. The molecule has 6 N–H and O–H groups in total. The Bertz CT molecular complexity index is 1520. The number of carbonyl (C=O) groups excluding carboxylic acids is 6. The number of carboxylic acids is 2. The number of carbonyl (C=O) groups is 8. The van der Waals surface area contributed by atoms with Crippen molar-refractivity contribution in [3.8, 4) is 0 Å². The third-order valence-corrected chi connectivity index (χ3v) is 9.68. The fourth-order valence-electron chi connectivity index (χ4n) is 6.30. The van der Waals surface area contributed by atoms with Gasteiger partial charge in [0.05, 0.1) is 26.1 Å². The van der Waals surface area contributed by atoms with E-state index in [2.05, 4.69) is 21.3 Å². The van der Waals surface area contributed by atoms with Crippen LogP contribution in [-0.4, -0.2) is 131 Å². The molecule has 2 rings (SSSR count). The summed E-state index contributed by atoms with van der Waals surface area (Å²) in [6, 6.07) is 2.46. The summed E-state index contributed by atoms with van der Waals surface area (Å²) in [7, 11) is 1.53. The molecule has 1 aromatic carbocycles. The Morgan fingerprint density at radius 1 is 0.768 bits per heavy atom. The number of likely N-dealkylation sites (N-methyl/N-ethyl adjacent to an activating group) is 1. The summed E-state index contributed by atoms with van der Waals surface area (Å²) in [5, 5.41) is 29.1. The summed E-state index contributed by atoms with van der Waals surface area (Å²) in [5.41, 5.74) is 0.962. The maximum Gasteiger partial charge on any atom is 0.326 e. The molecular formula is C39H60N6O11. The van der Waals surface area contributed by atoms with Crippen molar-refractivity contribution in [2.45, 2.75) is 110 Å². The summed E-state index contributed by atoms with van der Waals surface area (Å²) in [4.78, 5) is 108. The summed E-state index contributed by atoms with van der Waals surface area (Å²) < 4.78 is 5.31. The van der Waals surface area contributed by atoms with Gasteiger partial charge in [0.1, 0.15) is 30.2 Å². The second-order valence-corrected chi connectivity index (χ2v) is 15.0. The molecule has 56 heavy (non-hydrogen) atoms. The Kier molecular flexibility index (Phi) is 19.4. The lowest BCUT2D eigenvalue weighted by atomic mass is 9.95. The van der Waals surface area contributed by atoms with Gasteiger partial charge in [-0.2, -0.15) is 0 Å². The minimum atomic E-state index is -1.77. The van der Waals surface area contributed by atoms with Crippen molar-refractivity contribution in [1.82, 2.24) is 31.1 Å². The van der Waals surface area contributed by atoms with E-state index in [-0.39, 0.29) is 56.9 Å². The van der Waals surface area contributed by atoms with Crippen LogP contribution in [0.3, 0.4) is 0 Å². The van der Waals surface area contributed by atoms with E-state index in [1.807, 2.05) is 30.3 Å². The molecule has 1 aliphatic rings. The topological polar surface area (TPSA) is 241 Å². The number of nitrogens with zero attached hydrogens (tertiary/aromatic N) is 2. The first-order chi connectivity index (χ1) is 26.4. The zero-order chi connectivity index (χ0) is 42.1. The molecule has 1 aliphatic heterocycles. The van der Waals surface area contributed by atoms with Crippen LogP contribution < -0.4 is 21.3 Å². The van der Waals surface area contributed by atoms with Crippen LogP contribution in [0.25, 0.3) is 0 Å². The van der Waals surface area contributed by atoms with E-state index in [0.717, 1.165) is 5.56 Å². The van der Waals surface area contributed by atoms with E-state index < -0.39 is 90.4 Å². The van der Waals surface area contributed by atoms with Crippen molar-refractivity contribution in [3.63, 3.8) is 0 Å². The van der Waals surface area contributed by atoms with Crippen LogP contribution in [0.2, 0.25) is 0 Å². The Morgan fingerprint density at radius 2 is 1.32 bits per heavy atom. The molecule has 0 aromatic heterocycles. The maximum atomic E-state index is 14.1. The average molecular weight is 789 g/mol. The van der Waals surface area contributed by atoms with Gasteiger partial charge in [-0.25, -0.2) is 4.79 Å². The number of rotatable bonds is 22. The van der Waals surface area contributed by atoms with Gasteiger partial charge in [-0.15, -0.1) is 0 Å². The van der Waals surface area contributed by atoms with Crippen LogP contribution in [0.5, 0.6) is 0 Å². The molecule has 17 heteroatoms. The Hall–Kier alpha value is -5.06. The highest BCUT2D eigenvalue weighted by Crippen LogP contribution is 2.16. The van der Waals surface area contributed by atoms with Gasteiger partial charge in [-0.1, -0.05) is 78.3 Å². The van der Waals surface area contributed by atoms with Crippen molar-refractivity contribution in [1.29, 1.82) is 0 Å². The van der Waals surface area contributed by atoms with Crippen molar-refractivity contribution >= 4 is 47.4 Å². The van der Waals surface area contributed by atoms with Gasteiger partial charge in [-0.05, 0) is 36.2 Å². The predicted molar refractivity (Wildman–Crippen MR) is 205 cm³/mol. The number of aliphatic carboxylic acids is 2. The normalized spacial score (nSPS) is 16.1. The van der Waals surface area contributed by atoms with Crippen molar-refractivity contribution in [3.05, 3.63) is 35.9 Å². The quantitative estimate of drug-likeness (QED) is 0.0967. The highest BCUT2D eigenvalue weighted by atomic mass is 16.5. The number of morpholine rings is 1. The molecule has 1 aromatic rings. The molecule has 1 saturated heterocycles. The summed E-state index contributed by atoms with van der Waals surface area (Å²) in [6.07, 6.45) is -0.465. The second kappa shape index (κ2) is 23.1. The minimum Gasteiger partial charge on any atom is -0.481 e. The van der Waals surface area contributed by atoms with Gasteiger partial charge >= 0.3 is 11.9 Å². The van der Waals surface area contributed by atoms with E-state index in [9.17, 15) is 48.6 Å². The monoisotopic (exact) mass is 788 g/mol. The summed E-state index contributed by atoms with van der Waals surface area (Å²) >= 11 is 0. The smallest absolute Gasteiger partial charge is 0.326 e. The standard InChI is InChI=1S/C39H60N6O11/c1-8-25(6)33(43-38(53)34(24(4)5)44(7)30(46)15-14-26-12-10-9-11-13-26)37(52)41-27(21-31(47)45-16-18-56-19-17-45)35(50)40-28(22-32(48)49)36(51)42-29(39(54)55)20-23(2)3/h9-13,23-25,27-29,33-34H,8,14-22H2,1-7H3,(H,40,50)(H,41,52)(H,42,51)(H,43,53)(H,48,49)(H,54,55)/t25-,27?,28?,29-,33-,34-/m0/s1. The first kappa shape index (κ1) is 47.1. The van der Waals surface area contributed by atoms with Gasteiger partial charge < -0.3 is 46.0 Å². The number of benzene rings is 1. The number of nitrogens with one attached hydrogen (secondary N) is 4. The molecule has 312 valence electrons. The Morgan fingerprint density at radius 3 is 1.84 bits per heavy atom. The molecule has 2 unspecified atom stereocenters. The number of hydrogen-bond donors (Lipinski definition) is 6. The van der Waals surface area contributed by atoms with Crippen LogP contribution in [0.4, 0.5) is 0 Å². The number of hydrogen-bond acceptors (Lipinski definition) is 9. The molecule has 0 saturated carbocycles. The third kappa shape index (κ3) is 15.2. The molecule has 0 spiro atoms. The first-order valence-corrected chi connectivity index (χ1v) is 19.2. The Labute approximate surface area is 328 Å². The fourth-order valence-corrected chi connectivity index (χ4v) is 6.30. The van der Waals surface area contributed by atoms with E-state index >= 15 is 0 Å². The highest BCUT2D eigenvalue weighted by molar-refractivity contribution is 5.98. The molecule has 6 amide bonds. The number of aryl methyl sites for hydroxylation is 1. The van der Waals surface area contributed by atoms with Crippen LogP contribution in [0.1, 0.15) is 79.2 Å². The second-order valence-electron chi connectivity index (χ2n) is 15.0. The number of amides is 6. The van der Waals surface area contributed by atoms with Gasteiger partial charge in [0.2, 0.25) is 35.4 Å². The molecule has 0 bridgehead atoms. The van der Waals surface area contributed by atoms with Crippen molar-refractivity contribution in [2.24, 2.45) is 17.8 Å². The lowest BCUT2D eigenvalue weighted by Crippen LogP contribution is -2.61. The van der Waals surface area contributed by atoms with Gasteiger partial charge in [-0.3, -0.25) is 33.6 Å². The zero-order valence-electron chi connectivity index (χ0n) is 33.5. The van der Waals surface area contributed by atoms with Crippen LogP contribution in [-0.2, 0) is 49.5 Å². The summed E-state index contributed by atoms with van der Waals surface area (Å²) in [6.45, 7) is 11.5. The van der Waals surface area contributed by atoms with Crippen molar-refractivity contribution in [2.75, 3.05) is 33.4 Å². The minimum absolute atomic E-state index is 0.0274. The molecule has 1 fully saturated rings. The molecule has 17 nitrogen and oxygen atoms in total. The number of ether oxygens (including phenoxy) is 1. The van der Waals surface area contributed by atoms with Crippen LogP contribution >= 0.6 is 0 Å². The summed E-state index contributed by atoms with van der Waals surface area (Å²) in [5.74, 6) is -8.22. The molecule has 0 aliphatic carbocycles. The largest absolute Gasteiger partial charge is 0.481 e. The molecule has 1 heterocycles. The predicted octanol–water partition coefficient (Wildman–Crippen LogP) is 0.942. The molecule has 6 atom stereocenters. The van der Waals surface area contributed by atoms with Crippen molar-refractivity contribution < 1.29 is 53.3 Å². The third-order valence-electron chi connectivity index (χ3n) is 9.68. The van der Waals surface area contributed by atoms with Crippen LogP contribution in [0, 0.1) is 17.8 Å². The highest BCUT2D eigenvalue weighted by Gasteiger charge is 2.38. The molecular weight excluding hydrogens is 728 g/mol. The van der Waals surface area contributed by atoms with Gasteiger partial charge in [0.15, 0.2) is 0 Å². The SMILES string of the molecule is CC[C@H](C)[C@H](NC(=O)[C@H](C(C)C)N(C)C(=O)CCc1ccccc1)C(=O)NC(CC(=O)N1CCOCC1)C(=O)NC(CC(=O)O)C(=O)N[C@@H](CC(C)C)C(=O)O. The Balaban J connectivity index is 2.37. The first-order valence-electron chi connectivity index (χ1n) is 19.2. The molecule has 0 radical (unpaired) electrons. The van der Waals surface area contributed by atoms with E-state index in [1.165, 1.54) is 16.8 Å². The van der Waals surface area contributed by atoms with E-state index in [0.29, 0.717) is 12.8 Å². The fraction of sp³-hybridized carbons (Fsp3) is 0.641. The van der Waals surface area contributed by atoms with Gasteiger partial charge in [0, 0.05) is 26.6 Å². The average Bonchev–Trinajstić information content (AvgIpc) is 3.14. The van der Waals surface area contributed by atoms with E-state index in [4.69, 9.17) is 4.74 Å². The number of carboxylic acid groups (broad SMARTS) is 2. The van der Waals surface area contributed by atoms with Gasteiger partial charge in [0.25, 0.3) is 0 Å². The lowest BCUT2D eigenvalue weighted by Gasteiger charge is -2.33.